The van der Waals surface area contributed by atoms with Gasteiger partial charge in [0.25, 0.3) is 0 Å². The van der Waals surface area contributed by atoms with Crippen molar-refractivity contribution in [1.29, 1.82) is 0 Å². The normalized spacial score (nSPS) is 19.4. The first-order chi connectivity index (χ1) is 7.77. The number of rotatable bonds is 6. The van der Waals surface area contributed by atoms with Gasteiger partial charge in [-0.15, -0.1) is 0 Å². The molecule has 0 bridgehead atoms. The highest BCUT2D eigenvalue weighted by atomic mass is 16.1. The topological polar surface area (TPSA) is 29.1 Å². The molecule has 2 nitrogen and oxygen atoms in total. The van der Waals surface area contributed by atoms with Gasteiger partial charge in [-0.25, -0.2) is 0 Å². The first kappa shape index (κ1) is 13.5. The minimum absolute atomic E-state index is 0.252. The lowest BCUT2D eigenvalue weighted by atomic mass is 9.83. The van der Waals surface area contributed by atoms with Gasteiger partial charge in [0, 0.05) is 12.5 Å². The van der Waals surface area contributed by atoms with Crippen molar-refractivity contribution in [3.8, 4) is 0 Å². The third-order valence-corrected chi connectivity index (χ3v) is 3.86. The first-order valence-corrected chi connectivity index (χ1v) is 7.05. The second-order valence-electron chi connectivity index (χ2n) is 5.08. The first-order valence-electron chi connectivity index (χ1n) is 7.05. The molecule has 0 aromatic carbocycles. The molecule has 0 heterocycles. The van der Waals surface area contributed by atoms with Gasteiger partial charge in [0.2, 0.25) is 5.91 Å². The summed E-state index contributed by atoms with van der Waals surface area (Å²) in [6, 6.07) is 0. The minimum Gasteiger partial charge on any atom is -0.356 e. The summed E-state index contributed by atoms with van der Waals surface area (Å²) in [4.78, 5) is 11.7. The van der Waals surface area contributed by atoms with Crippen LogP contribution in [0.3, 0.4) is 0 Å². The van der Waals surface area contributed by atoms with Crippen LogP contribution in [0.1, 0.15) is 65.2 Å². The molecular weight excluding hydrogens is 198 g/mol. The van der Waals surface area contributed by atoms with Gasteiger partial charge in [0.1, 0.15) is 0 Å². The van der Waals surface area contributed by atoms with Gasteiger partial charge in [-0.1, -0.05) is 39.0 Å². The van der Waals surface area contributed by atoms with Gasteiger partial charge in [-0.3, -0.25) is 4.79 Å². The zero-order chi connectivity index (χ0) is 11.8. The molecule has 1 saturated carbocycles. The molecule has 0 aromatic rings. The van der Waals surface area contributed by atoms with Crippen LogP contribution in [0.4, 0.5) is 0 Å². The SMILES string of the molecule is CCNC(=O)C(CC)CCC1CCCCC1. The summed E-state index contributed by atoms with van der Waals surface area (Å²) in [5.41, 5.74) is 0. The predicted octanol–water partition coefficient (Wildman–Crippen LogP) is 3.51. The molecule has 94 valence electrons. The van der Waals surface area contributed by atoms with E-state index in [1.54, 1.807) is 0 Å². The molecule has 0 radical (unpaired) electrons. The van der Waals surface area contributed by atoms with Crippen LogP contribution in [0.25, 0.3) is 0 Å². The molecule has 0 aliphatic heterocycles. The van der Waals surface area contributed by atoms with Crippen LogP contribution in [0.15, 0.2) is 0 Å². The van der Waals surface area contributed by atoms with Crippen molar-refractivity contribution in [2.75, 3.05) is 6.54 Å². The highest BCUT2D eigenvalue weighted by Crippen LogP contribution is 2.29. The van der Waals surface area contributed by atoms with E-state index in [0.29, 0.717) is 0 Å². The highest BCUT2D eigenvalue weighted by molar-refractivity contribution is 5.78. The van der Waals surface area contributed by atoms with E-state index in [2.05, 4.69) is 12.2 Å². The monoisotopic (exact) mass is 225 g/mol. The molecule has 1 fully saturated rings. The third kappa shape index (κ3) is 4.54. The molecule has 1 unspecified atom stereocenters. The zero-order valence-electron chi connectivity index (χ0n) is 10.9. The van der Waals surface area contributed by atoms with Crippen LogP contribution in [0.5, 0.6) is 0 Å². The predicted molar refractivity (Wildman–Crippen MR) is 68.3 cm³/mol. The minimum atomic E-state index is 0.252. The fraction of sp³-hybridized carbons (Fsp3) is 0.929. The molecule has 1 rings (SSSR count). The molecule has 1 atom stereocenters. The molecule has 1 amide bonds. The fourth-order valence-corrected chi connectivity index (χ4v) is 2.75. The average molecular weight is 225 g/mol. The maximum Gasteiger partial charge on any atom is 0.223 e. The van der Waals surface area contributed by atoms with Gasteiger partial charge in [0.15, 0.2) is 0 Å². The molecule has 2 heteroatoms. The van der Waals surface area contributed by atoms with Crippen LogP contribution < -0.4 is 5.32 Å². The summed E-state index contributed by atoms with van der Waals surface area (Å²) < 4.78 is 0. The number of carbonyl (C=O) groups excluding carboxylic acids is 1. The molecular formula is C14H27NO. The van der Waals surface area contributed by atoms with Crippen LogP contribution in [-0.2, 0) is 4.79 Å². The van der Waals surface area contributed by atoms with E-state index in [1.165, 1.54) is 38.5 Å². The van der Waals surface area contributed by atoms with E-state index in [1.807, 2.05) is 6.92 Å². The fourth-order valence-electron chi connectivity index (χ4n) is 2.75. The maximum absolute atomic E-state index is 11.7. The Balaban J connectivity index is 2.24. The number of carbonyl (C=O) groups is 1. The van der Waals surface area contributed by atoms with E-state index in [-0.39, 0.29) is 11.8 Å². The van der Waals surface area contributed by atoms with Crippen molar-refractivity contribution in [3.63, 3.8) is 0 Å². The lowest BCUT2D eigenvalue weighted by molar-refractivity contribution is -0.125. The largest absolute Gasteiger partial charge is 0.356 e. The van der Waals surface area contributed by atoms with E-state index in [4.69, 9.17) is 0 Å². The number of hydrogen-bond acceptors (Lipinski definition) is 1. The van der Waals surface area contributed by atoms with Crippen molar-refractivity contribution in [3.05, 3.63) is 0 Å². The average Bonchev–Trinajstić information content (AvgIpc) is 2.31. The van der Waals surface area contributed by atoms with Crippen LogP contribution >= 0.6 is 0 Å². The maximum atomic E-state index is 11.7. The lowest BCUT2D eigenvalue weighted by Gasteiger charge is -2.23. The van der Waals surface area contributed by atoms with Gasteiger partial charge in [-0.2, -0.15) is 0 Å². The van der Waals surface area contributed by atoms with Crippen molar-refractivity contribution in [2.24, 2.45) is 11.8 Å². The zero-order valence-corrected chi connectivity index (χ0v) is 10.9. The molecule has 16 heavy (non-hydrogen) atoms. The van der Waals surface area contributed by atoms with Crippen molar-refractivity contribution < 1.29 is 4.79 Å². The Labute approximate surface area is 100 Å². The van der Waals surface area contributed by atoms with Crippen molar-refractivity contribution >= 4 is 5.91 Å². The van der Waals surface area contributed by atoms with Gasteiger partial charge < -0.3 is 5.32 Å². The summed E-state index contributed by atoms with van der Waals surface area (Å²) in [5, 5.41) is 2.95. The summed E-state index contributed by atoms with van der Waals surface area (Å²) in [6.07, 6.45) is 10.4. The summed E-state index contributed by atoms with van der Waals surface area (Å²) >= 11 is 0. The van der Waals surface area contributed by atoms with Gasteiger partial charge >= 0.3 is 0 Å². The van der Waals surface area contributed by atoms with Crippen LogP contribution in [-0.4, -0.2) is 12.5 Å². The highest BCUT2D eigenvalue weighted by Gasteiger charge is 2.19. The summed E-state index contributed by atoms with van der Waals surface area (Å²) in [5.74, 6) is 1.42. The molecule has 0 saturated heterocycles. The van der Waals surface area contributed by atoms with E-state index in [9.17, 15) is 4.79 Å². The molecule has 1 N–H and O–H groups in total. The summed E-state index contributed by atoms with van der Waals surface area (Å²) in [6.45, 7) is 4.88. The van der Waals surface area contributed by atoms with E-state index >= 15 is 0 Å². The van der Waals surface area contributed by atoms with Crippen LogP contribution in [0, 0.1) is 11.8 Å². The number of nitrogens with one attached hydrogen (secondary N) is 1. The lowest BCUT2D eigenvalue weighted by Crippen LogP contribution is -2.30. The number of hydrogen-bond donors (Lipinski definition) is 1. The van der Waals surface area contributed by atoms with Crippen molar-refractivity contribution in [2.45, 2.75) is 65.2 Å². The molecule has 1 aliphatic carbocycles. The Morgan fingerprint density at radius 3 is 2.50 bits per heavy atom. The van der Waals surface area contributed by atoms with E-state index in [0.717, 1.165) is 25.3 Å². The standard InChI is InChI=1S/C14H27NO/c1-3-13(14(16)15-4-2)11-10-12-8-6-5-7-9-12/h12-13H,3-11H2,1-2H3,(H,15,16). The third-order valence-electron chi connectivity index (χ3n) is 3.86. The molecule has 1 aliphatic rings. The Morgan fingerprint density at radius 2 is 1.94 bits per heavy atom. The molecule has 0 aromatic heterocycles. The second kappa shape index (κ2) is 7.70. The molecule has 0 spiro atoms. The van der Waals surface area contributed by atoms with Crippen LogP contribution in [0.2, 0.25) is 0 Å². The van der Waals surface area contributed by atoms with E-state index < -0.39 is 0 Å². The van der Waals surface area contributed by atoms with Gasteiger partial charge in [-0.05, 0) is 32.1 Å². The Kier molecular flexibility index (Phi) is 6.51. The Bertz CT molecular complexity index is 197. The number of amides is 1. The summed E-state index contributed by atoms with van der Waals surface area (Å²) in [7, 11) is 0. The Hall–Kier alpha value is -0.530. The smallest absolute Gasteiger partial charge is 0.223 e. The van der Waals surface area contributed by atoms with Gasteiger partial charge in [0.05, 0.1) is 0 Å². The second-order valence-corrected chi connectivity index (χ2v) is 5.08. The quantitative estimate of drug-likeness (QED) is 0.736. The van der Waals surface area contributed by atoms with Crippen molar-refractivity contribution in [1.82, 2.24) is 5.32 Å². The Morgan fingerprint density at radius 1 is 1.25 bits per heavy atom.